The van der Waals surface area contributed by atoms with E-state index in [9.17, 15) is 9.59 Å². The summed E-state index contributed by atoms with van der Waals surface area (Å²) in [6.45, 7) is 0. The second-order valence-corrected chi connectivity index (χ2v) is 6.92. The van der Waals surface area contributed by atoms with Crippen LogP contribution in [0.4, 0.5) is 11.4 Å². The van der Waals surface area contributed by atoms with Crippen LogP contribution in [0.25, 0.3) is 11.3 Å². The van der Waals surface area contributed by atoms with Crippen molar-refractivity contribution in [3.63, 3.8) is 0 Å². The normalized spacial score (nSPS) is 10.4. The third-order valence-corrected chi connectivity index (χ3v) is 4.59. The average Bonchev–Trinajstić information content (AvgIpc) is 2.67. The van der Waals surface area contributed by atoms with Crippen LogP contribution >= 0.6 is 11.8 Å². The van der Waals surface area contributed by atoms with Crippen molar-refractivity contribution >= 4 is 29.0 Å². The number of H-pyrrole nitrogens is 1. The molecule has 2 N–H and O–H groups in total. The van der Waals surface area contributed by atoms with Gasteiger partial charge in [0.15, 0.2) is 10.9 Å². The minimum atomic E-state index is -0.335. The lowest BCUT2D eigenvalue weighted by molar-refractivity contribution is -0.113. The molecule has 0 atom stereocenters. The summed E-state index contributed by atoms with van der Waals surface area (Å²) >= 11 is 1.12. The van der Waals surface area contributed by atoms with Crippen molar-refractivity contribution in [2.45, 2.75) is 5.16 Å². The molecule has 0 radical (unpaired) electrons. The minimum Gasteiger partial charge on any atom is -0.378 e. The van der Waals surface area contributed by atoms with Gasteiger partial charge in [-0.15, -0.1) is 10.2 Å². The highest BCUT2D eigenvalue weighted by Gasteiger charge is 2.10. The van der Waals surface area contributed by atoms with Crippen molar-refractivity contribution in [3.05, 3.63) is 65.0 Å². The van der Waals surface area contributed by atoms with Crippen molar-refractivity contribution in [1.29, 1.82) is 0 Å². The van der Waals surface area contributed by atoms with Gasteiger partial charge in [0.2, 0.25) is 5.91 Å². The van der Waals surface area contributed by atoms with Gasteiger partial charge in [0.05, 0.1) is 5.75 Å². The number of anilines is 2. The van der Waals surface area contributed by atoms with E-state index in [1.54, 1.807) is 12.1 Å². The molecule has 0 saturated heterocycles. The fourth-order valence-corrected chi connectivity index (χ4v) is 2.95. The van der Waals surface area contributed by atoms with E-state index in [2.05, 4.69) is 20.5 Å². The maximum absolute atomic E-state index is 12.2. The molecular weight excluding hydrogens is 362 g/mol. The van der Waals surface area contributed by atoms with Crippen molar-refractivity contribution < 1.29 is 4.79 Å². The number of aromatic nitrogens is 3. The Morgan fingerprint density at radius 3 is 2.41 bits per heavy atom. The molecule has 0 saturated carbocycles. The van der Waals surface area contributed by atoms with Gasteiger partial charge in [-0.25, -0.2) is 0 Å². The van der Waals surface area contributed by atoms with Gasteiger partial charge in [-0.05, 0) is 24.3 Å². The van der Waals surface area contributed by atoms with Gasteiger partial charge in [0, 0.05) is 31.0 Å². The number of carbonyl (C=O) groups is 1. The first kappa shape index (κ1) is 18.7. The molecule has 0 aliphatic heterocycles. The number of amides is 1. The predicted molar refractivity (Wildman–Crippen MR) is 108 cm³/mol. The Balaban J connectivity index is 1.59. The smallest absolute Gasteiger partial charge is 0.278 e. The molecule has 138 valence electrons. The maximum atomic E-state index is 12.2. The number of aromatic amines is 1. The highest BCUT2D eigenvalue weighted by atomic mass is 32.2. The van der Waals surface area contributed by atoms with Crippen LogP contribution in [0.5, 0.6) is 0 Å². The summed E-state index contributed by atoms with van der Waals surface area (Å²) in [4.78, 5) is 28.9. The van der Waals surface area contributed by atoms with Gasteiger partial charge < -0.3 is 10.2 Å². The monoisotopic (exact) mass is 381 g/mol. The van der Waals surface area contributed by atoms with Gasteiger partial charge in [-0.1, -0.05) is 42.1 Å². The number of hydrogen-bond donors (Lipinski definition) is 2. The number of nitrogens with one attached hydrogen (secondary N) is 2. The highest BCUT2D eigenvalue weighted by Crippen LogP contribution is 2.17. The molecule has 3 aromatic rings. The molecule has 0 fully saturated rings. The first-order chi connectivity index (χ1) is 13.0. The second kappa shape index (κ2) is 8.50. The molecule has 27 heavy (non-hydrogen) atoms. The van der Waals surface area contributed by atoms with Gasteiger partial charge in [-0.3, -0.25) is 14.6 Å². The van der Waals surface area contributed by atoms with Crippen molar-refractivity contribution in [3.8, 4) is 11.3 Å². The van der Waals surface area contributed by atoms with E-state index in [-0.39, 0.29) is 22.9 Å². The number of nitrogens with zero attached hydrogens (tertiary/aromatic N) is 3. The summed E-state index contributed by atoms with van der Waals surface area (Å²) in [6.07, 6.45) is 0. The van der Waals surface area contributed by atoms with Crippen LogP contribution in [0.1, 0.15) is 0 Å². The Labute approximate surface area is 160 Å². The van der Waals surface area contributed by atoms with Crippen LogP contribution in [-0.4, -0.2) is 40.9 Å². The molecule has 7 nitrogen and oxygen atoms in total. The molecule has 0 unspecified atom stereocenters. The highest BCUT2D eigenvalue weighted by molar-refractivity contribution is 7.99. The standard InChI is InChI=1S/C19H19N5O2S/c1-24(2)15-10-8-14(9-11-15)20-16(25)12-27-19-21-18(26)17(22-23-19)13-6-4-3-5-7-13/h3-11H,12H2,1-2H3,(H,20,25)(H,21,23,26). The predicted octanol–water partition coefficient (Wildman–Crippen LogP) is 2.63. The molecule has 1 amide bonds. The largest absolute Gasteiger partial charge is 0.378 e. The zero-order valence-corrected chi connectivity index (χ0v) is 15.8. The average molecular weight is 381 g/mol. The summed E-state index contributed by atoms with van der Waals surface area (Å²) < 4.78 is 0. The van der Waals surface area contributed by atoms with E-state index < -0.39 is 0 Å². The summed E-state index contributed by atoms with van der Waals surface area (Å²) in [5.41, 5.74) is 2.38. The van der Waals surface area contributed by atoms with E-state index in [1.165, 1.54) is 0 Å². The summed E-state index contributed by atoms with van der Waals surface area (Å²) in [7, 11) is 3.91. The lowest BCUT2D eigenvalue weighted by Gasteiger charge is -2.13. The van der Waals surface area contributed by atoms with Crippen LogP contribution in [0.3, 0.4) is 0 Å². The Hall–Kier alpha value is -3.13. The summed E-state index contributed by atoms with van der Waals surface area (Å²) in [5.74, 6) is -0.0718. The SMILES string of the molecule is CN(C)c1ccc(NC(=O)CSc2nnc(-c3ccccc3)c(=O)[nH]2)cc1. The van der Waals surface area contributed by atoms with E-state index in [0.717, 1.165) is 17.4 Å². The van der Waals surface area contributed by atoms with E-state index in [0.29, 0.717) is 16.4 Å². The zero-order valence-electron chi connectivity index (χ0n) is 15.0. The Kier molecular flexibility index (Phi) is 5.87. The third kappa shape index (κ3) is 4.95. The lowest BCUT2D eigenvalue weighted by Crippen LogP contribution is -2.17. The molecule has 3 rings (SSSR count). The van der Waals surface area contributed by atoms with Gasteiger partial charge in [-0.2, -0.15) is 0 Å². The first-order valence-electron chi connectivity index (χ1n) is 8.25. The molecule has 2 aromatic carbocycles. The molecule has 0 bridgehead atoms. The van der Waals surface area contributed by atoms with Crippen LogP contribution < -0.4 is 15.8 Å². The van der Waals surface area contributed by atoms with E-state index in [1.807, 2.05) is 61.5 Å². The van der Waals surface area contributed by atoms with Crippen LogP contribution in [0.15, 0.2) is 64.5 Å². The fraction of sp³-hybridized carbons (Fsp3) is 0.158. The quantitative estimate of drug-likeness (QED) is 0.638. The minimum absolute atomic E-state index is 0.116. The van der Waals surface area contributed by atoms with Crippen LogP contribution in [0.2, 0.25) is 0 Å². The molecule has 8 heteroatoms. The maximum Gasteiger partial charge on any atom is 0.278 e. The fourth-order valence-electron chi connectivity index (χ4n) is 2.35. The number of thioether (sulfide) groups is 1. The second-order valence-electron chi connectivity index (χ2n) is 5.95. The van der Waals surface area contributed by atoms with Crippen molar-refractivity contribution in [2.24, 2.45) is 0 Å². The Morgan fingerprint density at radius 2 is 1.78 bits per heavy atom. The number of rotatable bonds is 6. The van der Waals surface area contributed by atoms with E-state index in [4.69, 9.17) is 0 Å². The molecule has 0 aliphatic carbocycles. The third-order valence-electron chi connectivity index (χ3n) is 3.73. The number of benzene rings is 2. The molecule has 1 aromatic heterocycles. The first-order valence-corrected chi connectivity index (χ1v) is 9.24. The van der Waals surface area contributed by atoms with Gasteiger partial charge >= 0.3 is 0 Å². The Bertz CT molecular complexity index is 971. The summed E-state index contributed by atoms with van der Waals surface area (Å²) in [5, 5.41) is 11.1. The number of carbonyl (C=O) groups excluding carboxylic acids is 1. The van der Waals surface area contributed by atoms with Crippen molar-refractivity contribution in [1.82, 2.24) is 15.2 Å². The van der Waals surface area contributed by atoms with Crippen LogP contribution in [0, 0.1) is 0 Å². The van der Waals surface area contributed by atoms with Gasteiger partial charge in [0.25, 0.3) is 5.56 Å². The zero-order chi connectivity index (χ0) is 19.2. The summed E-state index contributed by atoms with van der Waals surface area (Å²) in [6, 6.07) is 16.6. The molecular formula is C19H19N5O2S. The molecule has 0 spiro atoms. The van der Waals surface area contributed by atoms with E-state index >= 15 is 0 Å². The molecule has 1 heterocycles. The van der Waals surface area contributed by atoms with Gasteiger partial charge in [0.1, 0.15) is 0 Å². The van der Waals surface area contributed by atoms with Crippen molar-refractivity contribution in [2.75, 3.05) is 30.1 Å². The number of hydrogen-bond acceptors (Lipinski definition) is 6. The topological polar surface area (TPSA) is 91.0 Å². The van der Waals surface area contributed by atoms with Crippen LogP contribution in [-0.2, 0) is 4.79 Å². The molecule has 0 aliphatic rings. The lowest BCUT2D eigenvalue weighted by atomic mass is 10.2. The Morgan fingerprint density at radius 1 is 1.07 bits per heavy atom.